The number of aromatic nitrogens is 2. The summed E-state index contributed by atoms with van der Waals surface area (Å²) in [7, 11) is 1.19. The second-order valence-electron chi connectivity index (χ2n) is 16.7. The van der Waals surface area contributed by atoms with Crippen molar-refractivity contribution in [2.75, 3.05) is 32.8 Å². The van der Waals surface area contributed by atoms with Crippen molar-refractivity contribution >= 4 is 20.3 Å². The molecule has 1 unspecified atom stereocenters. The lowest BCUT2D eigenvalue weighted by Crippen LogP contribution is -2.39. The van der Waals surface area contributed by atoms with Crippen LogP contribution in [0.15, 0.2) is 120 Å². The Morgan fingerprint density at radius 3 is 1.94 bits per heavy atom. The van der Waals surface area contributed by atoms with E-state index in [-0.39, 0.29) is 49.3 Å². The molecule has 2 heterocycles. The van der Waals surface area contributed by atoms with Crippen LogP contribution in [0.5, 0.6) is 11.5 Å². The van der Waals surface area contributed by atoms with Gasteiger partial charge in [0.1, 0.15) is 35.2 Å². The summed E-state index contributed by atoms with van der Waals surface area (Å²) in [6, 6.07) is 33.8. The Morgan fingerprint density at radius 2 is 1.42 bits per heavy atom. The fourth-order valence-electron chi connectivity index (χ4n) is 8.03. The topological polar surface area (TPSA) is 146 Å². The van der Waals surface area contributed by atoms with Crippen molar-refractivity contribution in [1.29, 1.82) is 5.26 Å². The summed E-state index contributed by atoms with van der Waals surface area (Å²) in [6.07, 6.45) is -10.6. The van der Waals surface area contributed by atoms with E-state index in [9.17, 15) is 36.8 Å². The Bertz CT molecular complexity index is 2490. The van der Waals surface area contributed by atoms with Gasteiger partial charge >= 0.3 is 17.8 Å². The van der Waals surface area contributed by atoms with Gasteiger partial charge in [-0.05, 0) is 87.2 Å². The number of carbonyl (C=O) groups excluding carboxylic acids is 1. The Labute approximate surface area is 399 Å². The number of benzene rings is 4. The van der Waals surface area contributed by atoms with Crippen LogP contribution in [0.25, 0.3) is 0 Å². The molecule has 69 heavy (non-hydrogen) atoms. The van der Waals surface area contributed by atoms with E-state index >= 15 is 0 Å². The van der Waals surface area contributed by atoms with Crippen molar-refractivity contribution in [2.24, 2.45) is 0 Å². The van der Waals surface area contributed by atoms with Crippen LogP contribution in [-0.4, -0.2) is 84.0 Å². The number of nitrogens with one attached hydrogen (secondary N) is 1. The second-order valence-corrected chi connectivity index (χ2v) is 18.1. The van der Waals surface area contributed by atoms with Gasteiger partial charge in [0.05, 0.1) is 46.0 Å². The smallest absolute Gasteiger partial charge is 0.453 e. The molecule has 1 saturated heterocycles. The third-order valence-corrected chi connectivity index (χ3v) is 13.6. The number of aryl methyl sites for hydroxylation is 1. The third kappa shape index (κ3) is 12.5. The summed E-state index contributed by atoms with van der Waals surface area (Å²) in [6.45, 7) is 7.68. The highest BCUT2D eigenvalue weighted by molar-refractivity contribution is 7.44. The van der Waals surface area contributed by atoms with Crippen LogP contribution in [0.1, 0.15) is 85.8 Å². The van der Waals surface area contributed by atoms with Crippen LogP contribution in [0, 0.1) is 11.3 Å². The lowest BCUT2D eigenvalue weighted by atomic mass is 9.80. The summed E-state index contributed by atoms with van der Waals surface area (Å²) < 4.78 is 110. The minimum absolute atomic E-state index is 0.0356. The number of alkyl halides is 5. The van der Waals surface area contributed by atoms with Gasteiger partial charge in [-0.3, -0.25) is 9.36 Å². The van der Waals surface area contributed by atoms with Crippen LogP contribution in [0.2, 0.25) is 0 Å². The van der Waals surface area contributed by atoms with E-state index in [1.165, 1.54) is 12.1 Å². The number of carbonyl (C=O) groups is 1. The third-order valence-electron chi connectivity index (χ3n) is 11.4. The van der Waals surface area contributed by atoms with E-state index in [0.29, 0.717) is 22.6 Å². The number of halogens is 5. The lowest BCUT2D eigenvalue weighted by Gasteiger charge is -2.39. The molecule has 368 valence electrons. The Kier molecular flexibility index (Phi) is 17.7. The second kappa shape index (κ2) is 23.2. The van der Waals surface area contributed by atoms with Crippen molar-refractivity contribution in [3.05, 3.63) is 154 Å². The van der Waals surface area contributed by atoms with Crippen LogP contribution in [0.4, 0.5) is 27.8 Å². The number of nitriles is 1. The van der Waals surface area contributed by atoms with Gasteiger partial charge in [0, 0.05) is 42.2 Å². The maximum atomic E-state index is 14.5. The molecule has 0 aliphatic carbocycles. The fraction of sp³-hybridized carbons (Fsp3) is 0.400. The summed E-state index contributed by atoms with van der Waals surface area (Å²) in [4.78, 5) is 31.4. The van der Waals surface area contributed by atoms with Gasteiger partial charge in [-0.2, -0.15) is 32.2 Å². The van der Waals surface area contributed by atoms with E-state index in [2.05, 4.69) is 16.4 Å². The standard InChI is InChI=1S/C50H55F5N5O8P/c1-33(2)60(34(3)4)69(66-29-13-28-56)68-42-30-44(59-31-36(26-27-48(51,52)50(53,54)55)45(58-47(59)62)57-46(61)35-14-9-7-10-15-35)67-43(42)32-65-49(37-16-11-8-12-17-37,38-18-22-40(63-5)23-19-38)39-20-24-41(64-6)25-21-39/h7-12,14-25,31,33-34,42-44H,13,26-27,29-30,32H2,1-6H3,(H,57,58,61,62)/t42-,43+,44+,69?/m0/s1. The zero-order valence-electron chi connectivity index (χ0n) is 39.0. The first-order valence-electron chi connectivity index (χ1n) is 22.2. The Balaban J connectivity index is 1.46. The number of anilines is 1. The number of methoxy groups -OCH3 is 2. The maximum absolute atomic E-state index is 14.5. The molecule has 4 aromatic carbocycles. The molecule has 0 saturated carbocycles. The predicted octanol–water partition coefficient (Wildman–Crippen LogP) is 10.6. The van der Waals surface area contributed by atoms with Gasteiger partial charge in [0.15, 0.2) is 0 Å². The number of hydrogen-bond acceptors (Lipinski definition) is 11. The highest BCUT2D eigenvalue weighted by Gasteiger charge is 2.56. The summed E-state index contributed by atoms with van der Waals surface area (Å²) in [5.41, 5.74) is -0.355. The number of ether oxygens (including phenoxy) is 4. The molecule has 1 aliphatic rings. The van der Waals surface area contributed by atoms with Crippen molar-refractivity contribution in [1.82, 2.24) is 14.2 Å². The van der Waals surface area contributed by atoms with Crippen LogP contribution < -0.4 is 20.5 Å². The lowest BCUT2D eigenvalue weighted by molar-refractivity contribution is -0.284. The van der Waals surface area contributed by atoms with E-state index < -0.39 is 74.9 Å². The molecule has 5 aromatic rings. The first-order chi connectivity index (χ1) is 32.9. The van der Waals surface area contributed by atoms with Gasteiger partial charge in [-0.15, -0.1) is 0 Å². The molecule has 4 atom stereocenters. The molecule has 6 rings (SSSR count). The van der Waals surface area contributed by atoms with Gasteiger partial charge in [0.25, 0.3) is 14.4 Å². The zero-order valence-corrected chi connectivity index (χ0v) is 39.9. The average Bonchev–Trinajstić information content (AvgIpc) is 3.73. The number of hydrogen-bond donors (Lipinski definition) is 1. The van der Waals surface area contributed by atoms with Gasteiger partial charge < -0.3 is 33.3 Å². The minimum Gasteiger partial charge on any atom is -0.497 e. The van der Waals surface area contributed by atoms with Crippen molar-refractivity contribution in [3.8, 4) is 17.6 Å². The Morgan fingerprint density at radius 1 is 0.870 bits per heavy atom. The fourth-order valence-corrected chi connectivity index (χ4v) is 9.79. The molecule has 0 bridgehead atoms. The van der Waals surface area contributed by atoms with Crippen LogP contribution in [-0.2, 0) is 30.5 Å². The van der Waals surface area contributed by atoms with E-state index in [0.717, 1.165) is 16.3 Å². The largest absolute Gasteiger partial charge is 0.497 e. The van der Waals surface area contributed by atoms with Crippen molar-refractivity contribution in [3.63, 3.8) is 0 Å². The number of rotatable bonds is 22. The molecule has 1 aromatic heterocycles. The molecule has 1 fully saturated rings. The van der Waals surface area contributed by atoms with Crippen LogP contribution >= 0.6 is 8.53 Å². The average molecular weight is 980 g/mol. The van der Waals surface area contributed by atoms with Gasteiger partial charge in [-0.25, -0.2) is 9.46 Å². The zero-order chi connectivity index (χ0) is 49.9. The highest BCUT2D eigenvalue weighted by atomic mass is 31.2. The van der Waals surface area contributed by atoms with E-state index in [4.69, 9.17) is 28.0 Å². The molecule has 0 spiro atoms. The molecule has 1 amide bonds. The highest BCUT2D eigenvalue weighted by Crippen LogP contribution is 2.51. The predicted molar refractivity (Wildman–Crippen MR) is 249 cm³/mol. The first kappa shape index (κ1) is 52.6. The summed E-state index contributed by atoms with van der Waals surface area (Å²) in [5, 5.41) is 11.8. The maximum Gasteiger partial charge on any atom is 0.453 e. The molecular formula is C50H55F5N5O8P. The monoisotopic (exact) mass is 979 g/mol. The SMILES string of the molecule is COc1ccc(C(OC[C@H]2O[C@@H](n3cc(CCC(F)(F)C(F)(F)F)c(NC(=O)c4ccccc4)nc3=O)C[C@@H]2OP(OCCC#N)N(C(C)C)C(C)C)(c2ccccc2)c2ccc(OC)cc2)cc1. The summed E-state index contributed by atoms with van der Waals surface area (Å²) in [5.74, 6) is -5.17. The quantitative estimate of drug-likeness (QED) is 0.0306. The molecular weight excluding hydrogens is 925 g/mol. The molecule has 13 nitrogen and oxygen atoms in total. The van der Waals surface area contributed by atoms with Crippen LogP contribution in [0.3, 0.4) is 0 Å². The van der Waals surface area contributed by atoms with Crippen molar-refractivity contribution in [2.45, 2.75) is 102 Å². The molecule has 0 radical (unpaired) electrons. The molecule has 19 heteroatoms. The number of nitrogens with zero attached hydrogens (tertiary/aromatic N) is 4. The Hall–Kier alpha value is -5.80. The van der Waals surface area contributed by atoms with E-state index in [1.807, 2.05) is 87.0 Å². The molecule has 1 aliphatic heterocycles. The van der Waals surface area contributed by atoms with Gasteiger partial charge in [0.2, 0.25) is 0 Å². The number of amides is 1. The summed E-state index contributed by atoms with van der Waals surface area (Å²) >= 11 is 0. The van der Waals surface area contributed by atoms with Crippen molar-refractivity contribution < 1.29 is 54.7 Å². The molecule has 1 N–H and O–H groups in total. The minimum atomic E-state index is -5.87. The van der Waals surface area contributed by atoms with E-state index in [1.54, 1.807) is 56.7 Å². The first-order valence-corrected chi connectivity index (χ1v) is 23.4. The van der Waals surface area contributed by atoms with Gasteiger partial charge in [-0.1, -0.05) is 72.8 Å². The normalized spacial score (nSPS) is 17.0.